The molecule has 0 aliphatic carbocycles. The second-order valence-electron chi connectivity index (χ2n) is 0.674. The Balaban J connectivity index is -0.0000000221. The summed E-state index contributed by atoms with van der Waals surface area (Å²) in [6.07, 6.45) is -2.08. The Kier molecular flexibility index (Phi) is 45.4. The average Bonchev–Trinajstić information content (AvgIpc) is 1.19. The predicted octanol–water partition coefficient (Wildman–Crippen LogP) is -12.7. The van der Waals surface area contributed by atoms with Crippen LogP contribution in [0.1, 0.15) is 0 Å². The summed E-state index contributed by atoms with van der Waals surface area (Å²) in [6.45, 7) is 0. The van der Waals surface area contributed by atoms with Gasteiger partial charge in [0.05, 0.1) is 0 Å². The minimum atomic E-state index is -5.75. The molecule has 7 nitrogen and oxygen atoms in total. The summed E-state index contributed by atoms with van der Waals surface area (Å²) in [6, 6.07) is 0. The molecule has 0 rings (SSSR count). The first-order valence-corrected chi connectivity index (χ1v) is 3.38. The molecular formula is CHCrO7Rb3. The maximum atomic E-state index is 8.59. The topological polar surface area (TPSA) is 141 Å². The van der Waals surface area contributed by atoms with Gasteiger partial charge in [-0.2, -0.15) is 0 Å². The van der Waals surface area contributed by atoms with Crippen molar-refractivity contribution in [3.8, 4) is 0 Å². The molecule has 0 saturated carbocycles. The quantitative estimate of drug-likeness (QED) is 0.400. The molecule has 56 valence electrons. The third-order valence-electron chi connectivity index (χ3n) is 0. The zero-order valence-electron chi connectivity index (χ0n) is 6.80. The third-order valence-corrected chi connectivity index (χ3v) is 0. The molecule has 12 heavy (non-hydrogen) atoms. The van der Waals surface area contributed by atoms with Crippen molar-refractivity contribution in [2.45, 2.75) is 0 Å². The maximum Gasteiger partial charge on any atom is 1.00 e. The van der Waals surface area contributed by atoms with Crippen LogP contribution in [0, 0.1) is 0 Å². The molecule has 0 atom stereocenters. The molecule has 0 amide bonds. The molecule has 0 aromatic carbocycles. The Morgan fingerprint density at radius 2 is 1.08 bits per heavy atom. The van der Waals surface area contributed by atoms with Crippen LogP contribution in [0.4, 0.5) is 4.79 Å². The van der Waals surface area contributed by atoms with Gasteiger partial charge in [0.25, 0.3) is 0 Å². The van der Waals surface area contributed by atoms with Crippen LogP contribution in [0.3, 0.4) is 0 Å². The molecule has 0 spiro atoms. The van der Waals surface area contributed by atoms with Crippen molar-refractivity contribution in [3.05, 3.63) is 0 Å². The number of carboxylic acid groups (broad SMARTS) is 2. The van der Waals surface area contributed by atoms with Crippen molar-refractivity contribution in [3.63, 3.8) is 0 Å². The second-order valence-corrected chi connectivity index (χ2v) is 1.95. The molecule has 0 radical (unpaired) electrons. The van der Waals surface area contributed by atoms with Gasteiger partial charge in [-0.25, -0.2) is 0 Å². The van der Waals surface area contributed by atoms with Crippen LogP contribution in [0.25, 0.3) is 0 Å². The minimum absolute atomic E-state index is 0. The SMILES string of the molecule is O=C([O-])O.[O]=[Cr](=[O])([O-])[O-].[Rb+].[Rb+].[Rb+]. The van der Waals surface area contributed by atoms with Crippen molar-refractivity contribution in [2.75, 3.05) is 0 Å². The van der Waals surface area contributed by atoms with Gasteiger partial charge in [0.1, 0.15) is 0 Å². The van der Waals surface area contributed by atoms with E-state index >= 15 is 0 Å². The number of carbonyl (C=O) groups is 1. The molecule has 0 aliphatic heterocycles. The van der Waals surface area contributed by atoms with E-state index in [-0.39, 0.29) is 175 Å². The van der Waals surface area contributed by atoms with Crippen LogP contribution in [0.2, 0.25) is 0 Å². The van der Waals surface area contributed by atoms with Crippen LogP contribution < -0.4 is 188 Å². The molecule has 0 fully saturated rings. The van der Waals surface area contributed by atoms with Crippen molar-refractivity contribution >= 4 is 6.16 Å². The molecule has 0 aliphatic rings. The molecule has 1 N–H and O–H groups in total. The fourth-order valence-corrected chi connectivity index (χ4v) is 0. The van der Waals surface area contributed by atoms with Gasteiger partial charge in [0.2, 0.25) is 6.16 Å². The zero-order valence-corrected chi connectivity index (χ0v) is 22.8. The smallest absolute Gasteiger partial charge is 1.00 e. The maximum absolute atomic E-state index is 8.59. The molecule has 0 saturated heterocycles. The van der Waals surface area contributed by atoms with Crippen LogP contribution in [-0.2, 0) is 21.2 Å². The van der Waals surface area contributed by atoms with E-state index in [9.17, 15) is 0 Å². The fraction of sp³-hybridized carbons (Fsp3) is 0. The Bertz CT molecular complexity index is 161. The van der Waals surface area contributed by atoms with Gasteiger partial charge in [0, 0.05) is 0 Å². The van der Waals surface area contributed by atoms with E-state index in [1.165, 1.54) is 0 Å². The first-order valence-electron chi connectivity index (χ1n) is 1.30. The summed E-state index contributed by atoms with van der Waals surface area (Å²) in [5.41, 5.74) is 0. The van der Waals surface area contributed by atoms with Crippen molar-refractivity contribution in [1.82, 2.24) is 0 Å². The fourth-order valence-electron chi connectivity index (χ4n) is 0. The van der Waals surface area contributed by atoms with E-state index in [4.69, 9.17) is 30.9 Å². The van der Waals surface area contributed by atoms with Gasteiger partial charge in [-0.15, -0.1) is 0 Å². The van der Waals surface area contributed by atoms with Crippen molar-refractivity contribution in [2.24, 2.45) is 0 Å². The predicted molar refractivity (Wildman–Crippen MR) is 9.40 cm³/mol. The molecule has 0 bridgehead atoms. The van der Waals surface area contributed by atoms with Gasteiger partial charge >= 0.3 is 204 Å². The number of hydrogen-bond donors (Lipinski definition) is 1. The minimum Gasteiger partial charge on any atom is 1.00 e. The van der Waals surface area contributed by atoms with E-state index < -0.39 is 19.8 Å². The summed E-state index contributed by atoms with van der Waals surface area (Å²) < 4.78 is 34.4. The van der Waals surface area contributed by atoms with Gasteiger partial charge in [-0.3, -0.25) is 0 Å². The number of hydrogen-bond acceptors (Lipinski definition) is 6. The van der Waals surface area contributed by atoms with Crippen molar-refractivity contribution < 1.29 is 219 Å². The summed E-state index contributed by atoms with van der Waals surface area (Å²) in [5.74, 6) is 0. The third kappa shape index (κ3) is 124. The Morgan fingerprint density at radius 1 is 1.08 bits per heavy atom. The van der Waals surface area contributed by atoms with E-state index in [0.717, 1.165) is 0 Å². The Labute approximate surface area is 217 Å². The molecule has 11 heteroatoms. The molecule has 0 aromatic rings. The van der Waals surface area contributed by atoms with Crippen molar-refractivity contribution in [1.29, 1.82) is 0 Å². The molecular weight excluding hydrogens is 432 g/mol. The zero-order chi connectivity index (χ0) is 8.08. The van der Waals surface area contributed by atoms with Gasteiger partial charge in [-0.05, 0) is 0 Å². The van der Waals surface area contributed by atoms with Crippen LogP contribution in [0.5, 0.6) is 0 Å². The van der Waals surface area contributed by atoms with E-state index in [1.54, 1.807) is 0 Å². The molecule has 0 heterocycles. The summed E-state index contributed by atoms with van der Waals surface area (Å²) >= 11 is -5.75. The number of rotatable bonds is 0. The first kappa shape index (κ1) is 30.1. The van der Waals surface area contributed by atoms with Crippen LogP contribution in [-0.4, -0.2) is 11.3 Å². The Hall–Kier alpha value is 4.74. The Morgan fingerprint density at radius 3 is 1.08 bits per heavy atom. The standard InChI is InChI=1S/CH2O3.Cr.4O.3Rb/c2-1(3)4;;;;;;;;/h(H2,2,3,4);;;;;;;;/q;;;;2*-1;3*+1/p-1. The molecule has 0 aromatic heterocycles. The first-order chi connectivity index (χ1) is 3.73. The summed E-state index contributed by atoms with van der Waals surface area (Å²) in [7, 11) is 0. The summed E-state index contributed by atoms with van der Waals surface area (Å²) in [5, 5.41) is 15.3. The molecule has 0 unspecified atom stereocenters. The van der Waals surface area contributed by atoms with E-state index in [0.29, 0.717) is 0 Å². The average molecular weight is 433 g/mol. The van der Waals surface area contributed by atoms with Gasteiger partial charge < -0.3 is 15.0 Å². The van der Waals surface area contributed by atoms with E-state index in [1.807, 2.05) is 0 Å². The second kappa shape index (κ2) is 18.1. The van der Waals surface area contributed by atoms with Gasteiger partial charge in [-0.1, -0.05) is 0 Å². The van der Waals surface area contributed by atoms with E-state index in [2.05, 4.69) is 0 Å². The van der Waals surface area contributed by atoms with Crippen LogP contribution >= 0.6 is 0 Å². The monoisotopic (exact) mass is 432 g/mol. The van der Waals surface area contributed by atoms with Crippen LogP contribution in [0.15, 0.2) is 0 Å². The normalized spacial score (nSPS) is 6.83. The van der Waals surface area contributed by atoms with Gasteiger partial charge in [0.15, 0.2) is 0 Å². The summed E-state index contributed by atoms with van der Waals surface area (Å²) in [4.78, 5) is 8.44. The largest absolute Gasteiger partial charge is 1.00 e.